The van der Waals surface area contributed by atoms with E-state index in [2.05, 4.69) is 41.5 Å². The summed E-state index contributed by atoms with van der Waals surface area (Å²) in [5.74, 6) is 0.264. The third kappa shape index (κ3) is 3.57. The molecule has 0 N–H and O–H groups in total. The Morgan fingerprint density at radius 3 is 2.67 bits per heavy atom. The molecule has 4 heteroatoms. The Hall–Kier alpha value is -1.52. The van der Waals surface area contributed by atoms with Crippen molar-refractivity contribution in [2.45, 2.75) is 26.3 Å². The fourth-order valence-corrected chi connectivity index (χ4v) is 3.50. The van der Waals surface area contributed by atoms with Gasteiger partial charge in [0.2, 0.25) is 0 Å². The van der Waals surface area contributed by atoms with Gasteiger partial charge in [0.15, 0.2) is 0 Å². The van der Waals surface area contributed by atoms with Crippen LogP contribution in [0.3, 0.4) is 0 Å². The fourth-order valence-electron chi connectivity index (χ4n) is 2.68. The van der Waals surface area contributed by atoms with Crippen molar-refractivity contribution in [3.05, 3.63) is 40.9 Å². The molecule has 21 heavy (non-hydrogen) atoms. The van der Waals surface area contributed by atoms with Crippen molar-refractivity contribution in [2.24, 2.45) is 5.92 Å². The summed E-state index contributed by atoms with van der Waals surface area (Å²) < 4.78 is 0. The van der Waals surface area contributed by atoms with Crippen molar-refractivity contribution in [3.63, 3.8) is 0 Å². The highest BCUT2D eigenvalue weighted by Gasteiger charge is 2.19. The van der Waals surface area contributed by atoms with Crippen LogP contribution >= 0.6 is 11.3 Å². The zero-order valence-corrected chi connectivity index (χ0v) is 13.1. The molecule has 0 bridgehead atoms. The molecule has 0 aliphatic carbocycles. The van der Waals surface area contributed by atoms with Gasteiger partial charge in [-0.05, 0) is 32.9 Å². The van der Waals surface area contributed by atoms with Gasteiger partial charge in [-0.1, -0.05) is 29.8 Å². The van der Waals surface area contributed by atoms with E-state index < -0.39 is 0 Å². The average molecular weight is 300 g/mol. The van der Waals surface area contributed by atoms with Gasteiger partial charge in [-0.15, -0.1) is 11.3 Å². The van der Waals surface area contributed by atoms with Gasteiger partial charge in [0, 0.05) is 23.4 Å². The van der Waals surface area contributed by atoms with Gasteiger partial charge in [0.25, 0.3) is 0 Å². The van der Waals surface area contributed by atoms with E-state index in [4.69, 9.17) is 4.98 Å². The first-order chi connectivity index (χ1) is 10.2. The lowest BCUT2D eigenvalue weighted by atomic mass is 9.99. The molecule has 3 rings (SSSR count). The fraction of sp³-hybridized carbons (Fsp3) is 0.412. The molecule has 1 aliphatic rings. The molecule has 0 unspecified atom stereocenters. The number of piperidine rings is 1. The lowest BCUT2D eigenvalue weighted by Crippen LogP contribution is -2.33. The quantitative estimate of drug-likeness (QED) is 0.810. The molecule has 2 aromatic rings. The van der Waals surface area contributed by atoms with Crippen molar-refractivity contribution in [2.75, 3.05) is 13.1 Å². The van der Waals surface area contributed by atoms with E-state index in [1.807, 2.05) is 0 Å². The molecule has 1 aromatic carbocycles. The highest BCUT2D eigenvalue weighted by Crippen LogP contribution is 2.25. The van der Waals surface area contributed by atoms with Crippen LogP contribution in [0.15, 0.2) is 29.6 Å². The Labute approximate surface area is 129 Å². The molecule has 0 radical (unpaired) electrons. The zero-order chi connectivity index (χ0) is 14.7. The van der Waals surface area contributed by atoms with Crippen LogP contribution in [0.25, 0.3) is 10.6 Å². The third-order valence-corrected chi connectivity index (χ3v) is 5.00. The number of hydrogen-bond acceptors (Lipinski definition) is 4. The van der Waals surface area contributed by atoms with E-state index in [0.29, 0.717) is 0 Å². The minimum absolute atomic E-state index is 0.264. The smallest absolute Gasteiger partial charge is 0.123 e. The molecule has 0 spiro atoms. The van der Waals surface area contributed by atoms with Crippen molar-refractivity contribution in [1.82, 2.24) is 9.88 Å². The van der Waals surface area contributed by atoms with Gasteiger partial charge < -0.3 is 4.79 Å². The maximum absolute atomic E-state index is 10.8. The minimum Gasteiger partial charge on any atom is -0.303 e. The number of carbonyl (C=O) groups is 1. The number of rotatable bonds is 4. The monoisotopic (exact) mass is 300 g/mol. The lowest BCUT2D eigenvalue weighted by molar-refractivity contribution is -0.112. The summed E-state index contributed by atoms with van der Waals surface area (Å²) in [6.45, 7) is 5.00. The van der Waals surface area contributed by atoms with Gasteiger partial charge in [0.05, 0.1) is 5.69 Å². The van der Waals surface area contributed by atoms with Crippen LogP contribution in [-0.4, -0.2) is 29.3 Å². The van der Waals surface area contributed by atoms with Gasteiger partial charge >= 0.3 is 0 Å². The molecular weight excluding hydrogens is 280 g/mol. The molecule has 0 atom stereocenters. The summed E-state index contributed by atoms with van der Waals surface area (Å²) in [6.07, 6.45) is 3.08. The number of carbonyl (C=O) groups excluding carboxylic acids is 1. The minimum atomic E-state index is 0.264. The molecule has 2 heterocycles. The second kappa shape index (κ2) is 6.50. The van der Waals surface area contributed by atoms with Crippen LogP contribution in [-0.2, 0) is 11.3 Å². The second-order valence-electron chi connectivity index (χ2n) is 5.76. The molecule has 0 saturated carbocycles. The molecule has 1 fully saturated rings. The topological polar surface area (TPSA) is 33.2 Å². The summed E-state index contributed by atoms with van der Waals surface area (Å²) in [6, 6.07) is 8.52. The molecule has 0 amide bonds. The first-order valence-corrected chi connectivity index (χ1v) is 8.31. The van der Waals surface area contributed by atoms with E-state index in [0.717, 1.165) is 49.5 Å². The van der Waals surface area contributed by atoms with Gasteiger partial charge in [-0.2, -0.15) is 0 Å². The van der Waals surface area contributed by atoms with Gasteiger partial charge in [-0.25, -0.2) is 4.98 Å². The van der Waals surface area contributed by atoms with Crippen molar-refractivity contribution in [3.8, 4) is 10.6 Å². The molecule has 3 nitrogen and oxygen atoms in total. The van der Waals surface area contributed by atoms with E-state index in [9.17, 15) is 4.79 Å². The van der Waals surface area contributed by atoms with Crippen LogP contribution in [0.1, 0.15) is 24.1 Å². The van der Waals surface area contributed by atoms with Crippen molar-refractivity contribution >= 4 is 17.6 Å². The lowest BCUT2D eigenvalue weighted by Gasteiger charge is -2.28. The van der Waals surface area contributed by atoms with E-state index in [1.54, 1.807) is 11.3 Å². The van der Waals surface area contributed by atoms with Crippen LogP contribution in [0.5, 0.6) is 0 Å². The number of likely N-dealkylation sites (tertiary alicyclic amines) is 1. The molecular formula is C17H20N2OS. The van der Waals surface area contributed by atoms with Crippen molar-refractivity contribution < 1.29 is 4.79 Å². The normalized spacial score (nSPS) is 17.0. The largest absolute Gasteiger partial charge is 0.303 e. The predicted octanol–water partition coefficient (Wildman–Crippen LogP) is 3.53. The maximum atomic E-state index is 10.8. The highest BCUT2D eigenvalue weighted by atomic mass is 32.1. The van der Waals surface area contributed by atoms with E-state index in [-0.39, 0.29) is 5.92 Å². The highest BCUT2D eigenvalue weighted by molar-refractivity contribution is 7.13. The maximum Gasteiger partial charge on any atom is 0.123 e. The predicted molar refractivity (Wildman–Crippen MR) is 86.4 cm³/mol. The standard InChI is InChI=1S/C17H20N2OS/c1-13-2-4-15(5-3-13)17-18-16(12-21-17)10-19-8-6-14(11-20)7-9-19/h2-5,11-12,14H,6-10H2,1H3. The van der Waals surface area contributed by atoms with Crippen LogP contribution < -0.4 is 0 Å². The van der Waals surface area contributed by atoms with Gasteiger partial charge in [-0.3, -0.25) is 4.90 Å². The van der Waals surface area contributed by atoms with Crippen LogP contribution in [0.4, 0.5) is 0 Å². The second-order valence-corrected chi connectivity index (χ2v) is 6.62. The first kappa shape index (κ1) is 14.4. The Morgan fingerprint density at radius 2 is 2.00 bits per heavy atom. The molecule has 110 valence electrons. The molecule has 1 aliphatic heterocycles. The van der Waals surface area contributed by atoms with Crippen LogP contribution in [0, 0.1) is 12.8 Å². The van der Waals surface area contributed by atoms with Gasteiger partial charge in [0.1, 0.15) is 11.3 Å². The number of aromatic nitrogens is 1. The van der Waals surface area contributed by atoms with Crippen molar-refractivity contribution in [1.29, 1.82) is 0 Å². The Balaban J connectivity index is 1.63. The Morgan fingerprint density at radius 1 is 1.29 bits per heavy atom. The van der Waals surface area contributed by atoms with E-state index >= 15 is 0 Å². The Bertz CT molecular complexity index is 598. The Kier molecular flexibility index (Phi) is 4.46. The SMILES string of the molecule is Cc1ccc(-c2nc(CN3CCC(C=O)CC3)cs2)cc1. The van der Waals surface area contributed by atoms with E-state index in [1.165, 1.54) is 11.1 Å². The number of nitrogens with zero attached hydrogens (tertiary/aromatic N) is 2. The summed E-state index contributed by atoms with van der Waals surface area (Å²) in [4.78, 5) is 17.9. The summed E-state index contributed by atoms with van der Waals surface area (Å²) in [5, 5.41) is 3.24. The third-order valence-electron chi connectivity index (χ3n) is 4.06. The van der Waals surface area contributed by atoms with Crippen LogP contribution in [0.2, 0.25) is 0 Å². The number of aldehydes is 1. The molecule has 1 saturated heterocycles. The number of hydrogen-bond donors (Lipinski definition) is 0. The molecule has 1 aromatic heterocycles. The number of aryl methyl sites for hydroxylation is 1. The summed E-state index contributed by atoms with van der Waals surface area (Å²) in [7, 11) is 0. The average Bonchev–Trinajstić information content (AvgIpc) is 2.97. The number of benzene rings is 1. The summed E-state index contributed by atoms with van der Waals surface area (Å²) in [5.41, 5.74) is 3.60. The first-order valence-electron chi connectivity index (χ1n) is 7.43. The zero-order valence-electron chi connectivity index (χ0n) is 12.3. The number of thiazole rings is 1. The summed E-state index contributed by atoms with van der Waals surface area (Å²) >= 11 is 1.71.